The maximum Gasteiger partial charge on any atom is 0.232 e. The second kappa shape index (κ2) is 3.67. The number of rotatable bonds is 3. The zero-order chi connectivity index (χ0) is 10.8. The molecule has 0 fully saturated rings. The van der Waals surface area contributed by atoms with Gasteiger partial charge in [-0.2, -0.15) is 0 Å². The number of hydrogen-bond donors (Lipinski definition) is 2. The molecule has 3 N–H and O–H groups in total. The lowest BCUT2D eigenvalue weighted by molar-refractivity contribution is -0.113. The van der Waals surface area contributed by atoms with Crippen molar-refractivity contribution in [1.82, 2.24) is 4.98 Å². The number of Topliss-reactive ketones (excluding diaryl/α,β-unsaturated/α-hetero) is 2. The number of aromatic nitrogens is 1. The van der Waals surface area contributed by atoms with Gasteiger partial charge in [-0.05, 0) is 6.07 Å². The zero-order valence-corrected chi connectivity index (χ0v) is 7.99. The van der Waals surface area contributed by atoms with E-state index in [1.54, 1.807) is 12.3 Å². The lowest BCUT2D eigenvalue weighted by Gasteiger charge is -1.95. The Hall–Kier alpha value is -1.94. The van der Waals surface area contributed by atoms with Crippen molar-refractivity contribution < 1.29 is 9.59 Å². The number of benzene rings is 1. The summed E-state index contributed by atoms with van der Waals surface area (Å²) in [6, 6.07) is 7.32. The molecular weight excluding hydrogens is 192 g/mol. The summed E-state index contributed by atoms with van der Waals surface area (Å²) in [5, 5.41) is 0.754. The predicted molar refractivity (Wildman–Crippen MR) is 56.7 cm³/mol. The van der Waals surface area contributed by atoms with Crippen LogP contribution >= 0.6 is 0 Å². The minimum atomic E-state index is -0.570. The van der Waals surface area contributed by atoms with Crippen molar-refractivity contribution in [3.63, 3.8) is 0 Å². The van der Waals surface area contributed by atoms with Crippen LogP contribution < -0.4 is 5.73 Å². The Morgan fingerprint density at radius 1 is 1.27 bits per heavy atom. The second-order valence-electron chi connectivity index (χ2n) is 3.20. The van der Waals surface area contributed by atoms with Gasteiger partial charge in [0.1, 0.15) is 0 Å². The first kappa shape index (κ1) is 9.61. The van der Waals surface area contributed by atoms with Crippen molar-refractivity contribution in [1.29, 1.82) is 0 Å². The Balaban J connectivity index is 2.53. The molecule has 0 aliphatic heterocycles. The first-order valence-electron chi connectivity index (χ1n) is 4.57. The molecule has 2 aromatic rings. The van der Waals surface area contributed by atoms with E-state index in [1.807, 2.05) is 18.2 Å². The van der Waals surface area contributed by atoms with Crippen LogP contribution in [0, 0.1) is 0 Å². The first-order chi connectivity index (χ1) is 7.24. The van der Waals surface area contributed by atoms with Crippen LogP contribution in [0.4, 0.5) is 0 Å². The highest BCUT2D eigenvalue weighted by Gasteiger charge is 2.17. The molecule has 1 aromatic heterocycles. The van der Waals surface area contributed by atoms with Gasteiger partial charge in [-0.15, -0.1) is 0 Å². The van der Waals surface area contributed by atoms with Crippen LogP contribution in [0.5, 0.6) is 0 Å². The van der Waals surface area contributed by atoms with E-state index in [9.17, 15) is 9.59 Å². The molecule has 0 aliphatic rings. The maximum absolute atomic E-state index is 11.6. The zero-order valence-electron chi connectivity index (χ0n) is 7.99. The van der Waals surface area contributed by atoms with Crippen molar-refractivity contribution in [3.05, 3.63) is 36.0 Å². The summed E-state index contributed by atoms with van der Waals surface area (Å²) < 4.78 is 0. The van der Waals surface area contributed by atoms with Gasteiger partial charge in [0.2, 0.25) is 11.6 Å². The molecule has 0 unspecified atom stereocenters. The average molecular weight is 202 g/mol. The molecule has 0 spiro atoms. The minimum absolute atomic E-state index is 0.252. The molecule has 76 valence electrons. The Morgan fingerprint density at radius 2 is 2.00 bits per heavy atom. The van der Waals surface area contributed by atoms with E-state index in [0.29, 0.717) is 5.56 Å². The van der Waals surface area contributed by atoms with Crippen molar-refractivity contribution in [2.24, 2.45) is 5.73 Å². The quantitative estimate of drug-likeness (QED) is 0.573. The van der Waals surface area contributed by atoms with E-state index >= 15 is 0 Å². The highest BCUT2D eigenvalue weighted by molar-refractivity contribution is 6.46. The Kier molecular flexibility index (Phi) is 2.35. The third-order valence-corrected chi connectivity index (χ3v) is 2.27. The second-order valence-corrected chi connectivity index (χ2v) is 3.20. The summed E-state index contributed by atoms with van der Waals surface area (Å²) in [4.78, 5) is 25.7. The molecule has 2 rings (SSSR count). The Bertz CT molecular complexity index is 528. The summed E-state index contributed by atoms with van der Waals surface area (Å²) in [7, 11) is 0. The molecule has 0 bridgehead atoms. The molecule has 0 aliphatic carbocycles. The fourth-order valence-corrected chi connectivity index (χ4v) is 1.50. The molecule has 0 atom stereocenters. The molecule has 0 amide bonds. The van der Waals surface area contributed by atoms with Crippen LogP contribution in [0.1, 0.15) is 10.4 Å². The van der Waals surface area contributed by atoms with Crippen LogP contribution in [0.3, 0.4) is 0 Å². The Labute approximate surface area is 86.1 Å². The number of para-hydroxylation sites is 1. The van der Waals surface area contributed by atoms with E-state index in [2.05, 4.69) is 4.98 Å². The number of aromatic amines is 1. The topological polar surface area (TPSA) is 76.0 Å². The van der Waals surface area contributed by atoms with Crippen LogP contribution in [0.25, 0.3) is 10.9 Å². The lowest BCUT2D eigenvalue weighted by atomic mass is 10.1. The lowest BCUT2D eigenvalue weighted by Crippen LogP contribution is -2.23. The van der Waals surface area contributed by atoms with Gasteiger partial charge < -0.3 is 10.7 Å². The van der Waals surface area contributed by atoms with Crippen molar-refractivity contribution in [2.75, 3.05) is 6.54 Å². The predicted octanol–water partition coefficient (Wildman–Crippen LogP) is 0.878. The molecule has 4 heteroatoms. The van der Waals surface area contributed by atoms with Gasteiger partial charge in [0.05, 0.1) is 12.1 Å². The van der Waals surface area contributed by atoms with Gasteiger partial charge in [-0.3, -0.25) is 9.59 Å². The summed E-state index contributed by atoms with van der Waals surface area (Å²) in [5.41, 5.74) is 6.37. The van der Waals surface area contributed by atoms with Gasteiger partial charge in [-0.25, -0.2) is 0 Å². The van der Waals surface area contributed by atoms with E-state index in [1.165, 1.54) is 0 Å². The minimum Gasteiger partial charge on any atom is -0.360 e. The first-order valence-corrected chi connectivity index (χ1v) is 4.57. The molecule has 15 heavy (non-hydrogen) atoms. The summed E-state index contributed by atoms with van der Waals surface area (Å²) in [5.74, 6) is -1.10. The van der Waals surface area contributed by atoms with Gasteiger partial charge in [-0.1, -0.05) is 18.2 Å². The van der Waals surface area contributed by atoms with E-state index in [4.69, 9.17) is 5.73 Å². The van der Waals surface area contributed by atoms with Crippen molar-refractivity contribution >= 4 is 22.5 Å². The van der Waals surface area contributed by atoms with Crippen LogP contribution in [-0.2, 0) is 4.79 Å². The number of nitrogens with two attached hydrogens (primary N) is 1. The average Bonchev–Trinajstić information content (AvgIpc) is 2.70. The van der Waals surface area contributed by atoms with Gasteiger partial charge in [0.25, 0.3) is 0 Å². The summed E-state index contributed by atoms with van der Waals surface area (Å²) >= 11 is 0. The van der Waals surface area contributed by atoms with E-state index < -0.39 is 11.6 Å². The fourth-order valence-electron chi connectivity index (χ4n) is 1.50. The number of fused-ring (bicyclic) bond motifs is 1. The number of carbonyl (C=O) groups is 2. The smallest absolute Gasteiger partial charge is 0.232 e. The third kappa shape index (κ3) is 1.55. The monoisotopic (exact) mass is 202 g/mol. The normalized spacial score (nSPS) is 10.5. The molecule has 1 heterocycles. The van der Waals surface area contributed by atoms with E-state index in [-0.39, 0.29) is 6.54 Å². The highest BCUT2D eigenvalue weighted by Crippen LogP contribution is 2.18. The van der Waals surface area contributed by atoms with E-state index in [0.717, 1.165) is 10.9 Å². The largest absolute Gasteiger partial charge is 0.360 e. The molecule has 0 saturated carbocycles. The summed E-state index contributed by atoms with van der Waals surface area (Å²) in [6.07, 6.45) is 1.54. The standard InChI is InChI=1S/C11H10N2O2/c12-5-10(14)11(15)8-6-13-9-4-2-1-3-7(8)9/h1-4,6,13H,5,12H2. The molecular formula is C11H10N2O2. The number of ketones is 2. The van der Waals surface area contributed by atoms with Crippen molar-refractivity contribution in [2.45, 2.75) is 0 Å². The number of hydrogen-bond acceptors (Lipinski definition) is 3. The van der Waals surface area contributed by atoms with Gasteiger partial charge >= 0.3 is 0 Å². The number of carbonyl (C=O) groups excluding carboxylic acids is 2. The molecule has 4 nitrogen and oxygen atoms in total. The molecule has 0 saturated heterocycles. The van der Waals surface area contributed by atoms with Gasteiger partial charge in [0.15, 0.2) is 0 Å². The Morgan fingerprint density at radius 3 is 2.73 bits per heavy atom. The fraction of sp³-hybridized carbons (Fsp3) is 0.0909. The number of H-pyrrole nitrogens is 1. The third-order valence-electron chi connectivity index (χ3n) is 2.27. The van der Waals surface area contributed by atoms with Crippen molar-refractivity contribution in [3.8, 4) is 0 Å². The SMILES string of the molecule is NCC(=O)C(=O)c1c[nH]c2ccccc12. The highest BCUT2D eigenvalue weighted by atomic mass is 16.2. The van der Waals surface area contributed by atoms with Crippen LogP contribution in [0.15, 0.2) is 30.5 Å². The van der Waals surface area contributed by atoms with Crippen LogP contribution in [-0.4, -0.2) is 23.1 Å². The maximum atomic E-state index is 11.6. The number of nitrogens with one attached hydrogen (secondary N) is 1. The van der Waals surface area contributed by atoms with Crippen LogP contribution in [0.2, 0.25) is 0 Å². The molecule has 1 aromatic carbocycles. The summed E-state index contributed by atoms with van der Waals surface area (Å²) in [6.45, 7) is -0.252. The van der Waals surface area contributed by atoms with Gasteiger partial charge in [0, 0.05) is 17.1 Å². The molecule has 0 radical (unpaired) electrons.